The van der Waals surface area contributed by atoms with E-state index in [1.165, 1.54) is 18.2 Å². The van der Waals surface area contributed by atoms with Gasteiger partial charge in [0.05, 0.1) is 24.1 Å². The molecule has 0 aromatic heterocycles. The zero-order valence-electron chi connectivity index (χ0n) is 31.0. The van der Waals surface area contributed by atoms with Crippen molar-refractivity contribution in [3.8, 4) is 23.0 Å². The summed E-state index contributed by atoms with van der Waals surface area (Å²) >= 11 is 0. The molecule has 1 heterocycles. The maximum Gasteiger partial charge on any atom is 0.255 e. The summed E-state index contributed by atoms with van der Waals surface area (Å²) in [7, 11) is 1.70. The number of aryl methyl sites for hydroxylation is 1. The Bertz CT molecular complexity index is 1700. The first kappa shape index (κ1) is 39.7. The Labute approximate surface area is 305 Å². The highest BCUT2D eigenvalue weighted by molar-refractivity contribution is 6.01. The van der Waals surface area contributed by atoms with Gasteiger partial charge in [0.25, 0.3) is 5.91 Å². The lowest BCUT2D eigenvalue weighted by molar-refractivity contribution is -0.138. The summed E-state index contributed by atoms with van der Waals surface area (Å²) in [5.41, 5.74) is 1.22. The lowest BCUT2D eigenvalue weighted by Gasteiger charge is -2.33. The summed E-state index contributed by atoms with van der Waals surface area (Å²) < 4.78 is 32.1. The molecule has 0 unspecified atom stereocenters. The van der Waals surface area contributed by atoms with Gasteiger partial charge in [0.1, 0.15) is 42.6 Å². The van der Waals surface area contributed by atoms with Crippen molar-refractivity contribution in [2.45, 2.75) is 85.0 Å². The van der Waals surface area contributed by atoms with Gasteiger partial charge in [0.2, 0.25) is 17.7 Å². The summed E-state index contributed by atoms with van der Waals surface area (Å²) in [6.07, 6.45) is 0.594. The molecule has 0 aliphatic carbocycles. The fourth-order valence-electron chi connectivity index (χ4n) is 5.86. The topological polar surface area (TPSA) is 135 Å². The molecule has 3 aromatic carbocycles. The van der Waals surface area contributed by atoms with Crippen molar-refractivity contribution < 1.29 is 37.8 Å². The van der Waals surface area contributed by atoms with Crippen molar-refractivity contribution in [1.82, 2.24) is 20.9 Å². The van der Waals surface area contributed by atoms with E-state index in [-0.39, 0.29) is 54.1 Å². The molecule has 12 heteroatoms. The highest BCUT2D eigenvalue weighted by atomic mass is 19.1. The zero-order chi connectivity index (χ0) is 37.9. The van der Waals surface area contributed by atoms with Crippen LogP contribution in [-0.2, 0) is 14.4 Å². The molecule has 0 saturated heterocycles. The number of rotatable bonds is 11. The number of fused-ring (bicyclic) bond motifs is 1. The Morgan fingerprint density at radius 3 is 2.33 bits per heavy atom. The SMILES string of the molecule is Cc1ccc(Oc2cc(F)ccc2OC[C@@H](C)NC(=O)[C@@H]2CC(=O)N[C@@H](CC(C)C)C(=O)N(C)[C@H](CC(C)C)COc3ccccc3C(=O)N2)cc1. The van der Waals surface area contributed by atoms with Crippen LogP contribution in [0.2, 0.25) is 0 Å². The first-order valence-corrected chi connectivity index (χ1v) is 17.8. The van der Waals surface area contributed by atoms with Crippen LogP contribution in [0.25, 0.3) is 0 Å². The normalized spacial score (nSPS) is 19.2. The van der Waals surface area contributed by atoms with Crippen molar-refractivity contribution in [3.63, 3.8) is 0 Å². The number of likely N-dealkylation sites (N-methyl/N-ethyl adjacent to an activating group) is 1. The molecule has 280 valence electrons. The summed E-state index contributed by atoms with van der Waals surface area (Å²) in [4.78, 5) is 56.4. The van der Waals surface area contributed by atoms with Gasteiger partial charge in [-0.05, 0) is 74.9 Å². The van der Waals surface area contributed by atoms with Crippen LogP contribution in [0.1, 0.15) is 69.8 Å². The predicted octanol–water partition coefficient (Wildman–Crippen LogP) is 5.80. The fourth-order valence-corrected chi connectivity index (χ4v) is 5.86. The van der Waals surface area contributed by atoms with Crippen LogP contribution in [0.15, 0.2) is 66.7 Å². The van der Waals surface area contributed by atoms with Crippen LogP contribution >= 0.6 is 0 Å². The standard InChI is InChI=1S/C40H51FN4O7/c1-24(2)18-29-23-51-34-11-9-8-10-31(34)38(47)44-32(21-37(46)43-33(19-25(3)4)40(49)45(29)7)39(48)42-27(6)22-50-35-17-14-28(41)20-36(35)52-30-15-12-26(5)13-16-30/h8-17,20,24-25,27,29,32-33H,18-19,21-23H2,1-7H3,(H,42,48)(H,43,46)(H,44,47)/t27-,29-,32+,33+/m1/s1. The van der Waals surface area contributed by atoms with Crippen LogP contribution in [0.3, 0.4) is 0 Å². The zero-order valence-corrected chi connectivity index (χ0v) is 31.0. The van der Waals surface area contributed by atoms with Crippen molar-refractivity contribution >= 4 is 23.6 Å². The Morgan fingerprint density at radius 1 is 0.942 bits per heavy atom. The molecule has 0 spiro atoms. The van der Waals surface area contributed by atoms with Gasteiger partial charge < -0.3 is 35.1 Å². The van der Waals surface area contributed by atoms with Gasteiger partial charge in [-0.15, -0.1) is 0 Å². The van der Waals surface area contributed by atoms with E-state index in [2.05, 4.69) is 29.8 Å². The van der Waals surface area contributed by atoms with Crippen LogP contribution in [0, 0.1) is 24.6 Å². The highest BCUT2D eigenvalue weighted by Crippen LogP contribution is 2.32. The van der Waals surface area contributed by atoms with E-state index in [1.807, 2.05) is 32.9 Å². The molecule has 4 rings (SSSR count). The number of benzene rings is 3. The van der Waals surface area contributed by atoms with Crippen molar-refractivity contribution in [2.24, 2.45) is 11.8 Å². The Hall–Kier alpha value is -5.13. The van der Waals surface area contributed by atoms with Crippen molar-refractivity contribution in [3.05, 3.63) is 83.7 Å². The van der Waals surface area contributed by atoms with E-state index in [1.54, 1.807) is 55.3 Å². The number of hydrogen-bond acceptors (Lipinski definition) is 7. The molecular formula is C40H51FN4O7. The monoisotopic (exact) mass is 718 g/mol. The molecule has 3 aromatic rings. The molecule has 4 amide bonds. The minimum Gasteiger partial charge on any atom is -0.491 e. The molecule has 11 nitrogen and oxygen atoms in total. The average Bonchev–Trinajstić information content (AvgIpc) is 3.08. The molecule has 1 aliphatic heterocycles. The second kappa shape index (κ2) is 18.4. The highest BCUT2D eigenvalue weighted by Gasteiger charge is 2.33. The Kier molecular flexibility index (Phi) is 14.0. The maximum atomic E-state index is 14.2. The van der Waals surface area contributed by atoms with E-state index >= 15 is 0 Å². The van der Waals surface area contributed by atoms with Gasteiger partial charge in [-0.3, -0.25) is 19.2 Å². The predicted molar refractivity (Wildman–Crippen MR) is 196 cm³/mol. The fraction of sp³-hybridized carbons (Fsp3) is 0.450. The number of nitrogens with zero attached hydrogens (tertiary/aromatic N) is 1. The van der Waals surface area contributed by atoms with E-state index in [9.17, 15) is 23.6 Å². The third-order valence-electron chi connectivity index (χ3n) is 8.59. The third kappa shape index (κ3) is 11.4. The summed E-state index contributed by atoms with van der Waals surface area (Å²) in [6, 6.07) is 14.7. The van der Waals surface area contributed by atoms with E-state index in [4.69, 9.17) is 14.2 Å². The van der Waals surface area contributed by atoms with Crippen LogP contribution in [0.5, 0.6) is 23.0 Å². The molecule has 1 aliphatic rings. The number of nitrogens with one attached hydrogen (secondary N) is 3. The minimum absolute atomic E-state index is 0.0417. The van der Waals surface area contributed by atoms with Crippen molar-refractivity contribution in [2.75, 3.05) is 20.3 Å². The molecule has 0 bridgehead atoms. The number of hydrogen-bond donors (Lipinski definition) is 3. The van der Waals surface area contributed by atoms with Gasteiger partial charge in [-0.1, -0.05) is 57.5 Å². The number of carbonyl (C=O) groups is 4. The Morgan fingerprint density at radius 2 is 1.63 bits per heavy atom. The van der Waals surface area contributed by atoms with Gasteiger partial charge in [-0.25, -0.2) is 4.39 Å². The molecule has 52 heavy (non-hydrogen) atoms. The minimum atomic E-state index is -1.31. The van der Waals surface area contributed by atoms with Gasteiger partial charge in [0.15, 0.2) is 11.5 Å². The first-order valence-electron chi connectivity index (χ1n) is 17.8. The second-order valence-corrected chi connectivity index (χ2v) is 14.2. The molecular weight excluding hydrogens is 667 g/mol. The number of halogens is 1. The molecule has 3 N–H and O–H groups in total. The van der Waals surface area contributed by atoms with Gasteiger partial charge in [0, 0.05) is 13.1 Å². The smallest absolute Gasteiger partial charge is 0.255 e. The summed E-state index contributed by atoms with van der Waals surface area (Å²) in [5, 5.41) is 8.36. The van der Waals surface area contributed by atoms with Crippen LogP contribution in [-0.4, -0.2) is 73.0 Å². The summed E-state index contributed by atoms with van der Waals surface area (Å²) in [5.74, 6) is -1.05. The van der Waals surface area contributed by atoms with E-state index in [0.29, 0.717) is 24.3 Å². The van der Waals surface area contributed by atoms with Crippen LogP contribution in [0.4, 0.5) is 4.39 Å². The number of amides is 4. The number of ether oxygens (including phenoxy) is 3. The lowest BCUT2D eigenvalue weighted by Crippen LogP contribution is -2.55. The third-order valence-corrected chi connectivity index (χ3v) is 8.59. The van der Waals surface area contributed by atoms with Gasteiger partial charge >= 0.3 is 0 Å². The maximum absolute atomic E-state index is 14.2. The van der Waals surface area contributed by atoms with Crippen LogP contribution < -0.4 is 30.2 Å². The largest absolute Gasteiger partial charge is 0.491 e. The first-order chi connectivity index (χ1) is 24.7. The summed E-state index contributed by atoms with van der Waals surface area (Å²) in [6.45, 7) is 11.7. The molecule has 4 atom stereocenters. The molecule has 0 saturated carbocycles. The quantitative estimate of drug-likeness (QED) is 0.228. The Balaban J connectivity index is 1.54. The number of carbonyl (C=O) groups excluding carboxylic acids is 4. The van der Waals surface area contributed by atoms with Crippen molar-refractivity contribution in [1.29, 1.82) is 0 Å². The van der Waals surface area contributed by atoms with Gasteiger partial charge in [-0.2, -0.15) is 0 Å². The van der Waals surface area contributed by atoms with E-state index in [0.717, 1.165) is 5.56 Å². The molecule has 0 radical (unpaired) electrons. The molecule has 0 fully saturated rings. The number of para-hydroxylation sites is 1. The lowest BCUT2D eigenvalue weighted by atomic mass is 9.99. The average molecular weight is 719 g/mol. The van der Waals surface area contributed by atoms with E-state index < -0.39 is 48.1 Å². The second-order valence-electron chi connectivity index (χ2n) is 14.2.